The third-order valence-electron chi connectivity index (χ3n) is 3.77. The number of halogens is 1. The van der Waals surface area contributed by atoms with Crippen LogP contribution < -0.4 is 10.6 Å². The van der Waals surface area contributed by atoms with Crippen LogP contribution in [0.5, 0.6) is 0 Å². The summed E-state index contributed by atoms with van der Waals surface area (Å²) in [6.07, 6.45) is 0.851. The van der Waals surface area contributed by atoms with Crippen LogP contribution in [0.15, 0.2) is 40.7 Å². The lowest BCUT2D eigenvalue weighted by molar-refractivity contribution is 0.0600. The van der Waals surface area contributed by atoms with E-state index in [9.17, 15) is 4.79 Å². The molecule has 0 saturated carbocycles. The van der Waals surface area contributed by atoms with Gasteiger partial charge in [-0.3, -0.25) is 0 Å². The average Bonchev–Trinajstić information content (AvgIpc) is 3.04. The number of esters is 1. The van der Waals surface area contributed by atoms with Crippen LogP contribution in [0.25, 0.3) is 0 Å². The van der Waals surface area contributed by atoms with Gasteiger partial charge in [-0.25, -0.2) is 9.79 Å². The molecule has 2 rings (SSSR count). The van der Waals surface area contributed by atoms with Gasteiger partial charge in [0.2, 0.25) is 0 Å². The molecule has 0 aliphatic carbocycles. The molecule has 0 saturated heterocycles. The zero-order chi connectivity index (χ0) is 18.1. The molecule has 2 aromatic rings. The van der Waals surface area contributed by atoms with Crippen LogP contribution in [0.3, 0.4) is 0 Å². The standard InChI is InChI=1S/C19H25N3O2S.HI/c1-4-20-19(22-13-17-14(2)10-12-25-17)21-11-9-15-5-7-16(8-6-15)18(23)24-3;/h5-8,10,12H,4,9,11,13H2,1-3H3,(H2,20,21,22);1H. The van der Waals surface area contributed by atoms with Crippen LogP contribution in [0.1, 0.15) is 33.3 Å². The Balaban J connectivity index is 0.00000338. The SMILES string of the molecule is CCNC(=NCc1sccc1C)NCCc1ccc(C(=O)OC)cc1.I. The molecule has 1 aromatic carbocycles. The maximum atomic E-state index is 11.4. The van der Waals surface area contributed by atoms with E-state index in [-0.39, 0.29) is 29.9 Å². The molecule has 0 aliphatic rings. The first kappa shape index (κ1) is 22.4. The fraction of sp³-hybridized carbons (Fsp3) is 0.368. The van der Waals surface area contributed by atoms with Gasteiger partial charge >= 0.3 is 5.97 Å². The molecular formula is C19H26IN3O2S. The summed E-state index contributed by atoms with van der Waals surface area (Å²) in [6, 6.07) is 9.61. The van der Waals surface area contributed by atoms with Crippen LogP contribution in [-0.2, 0) is 17.7 Å². The number of methoxy groups -OCH3 is 1. The summed E-state index contributed by atoms with van der Waals surface area (Å²) in [5.74, 6) is 0.511. The van der Waals surface area contributed by atoms with Crippen molar-refractivity contribution in [2.24, 2.45) is 4.99 Å². The number of nitrogens with one attached hydrogen (secondary N) is 2. The van der Waals surface area contributed by atoms with Gasteiger partial charge < -0.3 is 15.4 Å². The lowest BCUT2D eigenvalue weighted by Gasteiger charge is -2.11. The summed E-state index contributed by atoms with van der Waals surface area (Å²) in [6.45, 7) is 6.45. The Labute approximate surface area is 176 Å². The van der Waals surface area contributed by atoms with Crippen LogP contribution in [-0.4, -0.2) is 32.1 Å². The van der Waals surface area contributed by atoms with Crippen molar-refractivity contribution >= 4 is 47.2 Å². The summed E-state index contributed by atoms with van der Waals surface area (Å²) < 4.78 is 4.71. The molecule has 142 valence electrons. The van der Waals surface area contributed by atoms with E-state index in [2.05, 4.69) is 40.9 Å². The lowest BCUT2D eigenvalue weighted by Crippen LogP contribution is -2.38. The number of nitrogens with zero attached hydrogens (tertiary/aromatic N) is 1. The molecule has 1 heterocycles. The van der Waals surface area contributed by atoms with E-state index in [4.69, 9.17) is 4.74 Å². The van der Waals surface area contributed by atoms with E-state index in [1.165, 1.54) is 17.6 Å². The molecule has 0 fully saturated rings. The summed E-state index contributed by atoms with van der Waals surface area (Å²) in [5.41, 5.74) is 3.01. The van der Waals surface area contributed by atoms with Gasteiger partial charge in [-0.05, 0) is 55.0 Å². The highest BCUT2D eigenvalue weighted by molar-refractivity contribution is 14.0. The minimum Gasteiger partial charge on any atom is -0.465 e. The molecule has 5 nitrogen and oxygen atoms in total. The Bertz CT molecular complexity index is 714. The van der Waals surface area contributed by atoms with E-state index in [0.29, 0.717) is 12.1 Å². The second-order valence-electron chi connectivity index (χ2n) is 5.59. The Morgan fingerprint density at radius 2 is 1.92 bits per heavy atom. The van der Waals surface area contributed by atoms with Gasteiger partial charge in [0, 0.05) is 18.0 Å². The van der Waals surface area contributed by atoms with Crippen LogP contribution in [0.4, 0.5) is 0 Å². The number of guanidine groups is 1. The fourth-order valence-corrected chi connectivity index (χ4v) is 3.14. The Kier molecular flexibility index (Phi) is 10.3. The number of carbonyl (C=O) groups is 1. The Hall–Kier alpha value is -1.61. The molecule has 1 aromatic heterocycles. The van der Waals surface area contributed by atoms with E-state index in [0.717, 1.165) is 31.0 Å². The highest BCUT2D eigenvalue weighted by Gasteiger charge is 2.05. The van der Waals surface area contributed by atoms with Gasteiger partial charge in [-0.15, -0.1) is 35.3 Å². The van der Waals surface area contributed by atoms with E-state index in [1.54, 1.807) is 23.5 Å². The number of hydrogen-bond donors (Lipinski definition) is 2. The minimum absolute atomic E-state index is 0. The quantitative estimate of drug-likeness (QED) is 0.270. The zero-order valence-corrected chi connectivity index (χ0v) is 18.5. The summed E-state index contributed by atoms with van der Waals surface area (Å²) in [4.78, 5) is 17.4. The predicted molar refractivity (Wildman–Crippen MR) is 119 cm³/mol. The van der Waals surface area contributed by atoms with E-state index >= 15 is 0 Å². The van der Waals surface area contributed by atoms with Crippen molar-refractivity contribution in [3.8, 4) is 0 Å². The van der Waals surface area contributed by atoms with E-state index in [1.807, 2.05) is 12.1 Å². The van der Waals surface area contributed by atoms with Crippen molar-refractivity contribution in [3.05, 3.63) is 57.3 Å². The second-order valence-corrected chi connectivity index (χ2v) is 6.59. The molecule has 0 unspecified atom stereocenters. The largest absolute Gasteiger partial charge is 0.465 e. The third kappa shape index (κ3) is 6.95. The van der Waals surface area contributed by atoms with Gasteiger partial charge in [-0.2, -0.15) is 0 Å². The van der Waals surface area contributed by atoms with Crippen LogP contribution in [0, 0.1) is 6.92 Å². The molecule has 26 heavy (non-hydrogen) atoms. The third-order valence-corrected chi connectivity index (χ3v) is 4.78. The fourth-order valence-electron chi connectivity index (χ4n) is 2.31. The van der Waals surface area contributed by atoms with Crippen molar-refractivity contribution in [1.29, 1.82) is 0 Å². The number of aliphatic imine (C=N–C) groups is 1. The van der Waals surface area contributed by atoms with Crippen molar-refractivity contribution in [1.82, 2.24) is 10.6 Å². The second kappa shape index (κ2) is 11.9. The Morgan fingerprint density at radius 1 is 1.19 bits per heavy atom. The number of rotatable bonds is 7. The van der Waals surface area contributed by atoms with Crippen LogP contribution >= 0.6 is 35.3 Å². The maximum Gasteiger partial charge on any atom is 0.337 e. The molecule has 0 spiro atoms. The predicted octanol–water partition coefficient (Wildman–Crippen LogP) is 3.76. The van der Waals surface area contributed by atoms with Gasteiger partial charge in [-0.1, -0.05) is 12.1 Å². The normalized spacial score (nSPS) is 10.8. The zero-order valence-electron chi connectivity index (χ0n) is 15.4. The minimum atomic E-state index is -0.310. The molecular weight excluding hydrogens is 461 g/mol. The van der Waals surface area contributed by atoms with Crippen LogP contribution in [0.2, 0.25) is 0 Å². The lowest BCUT2D eigenvalue weighted by atomic mass is 10.1. The molecule has 0 amide bonds. The molecule has 0 bridgehead atoms. The molecule has 7 heteroatoms. The highest BCUT2D eigenvalue weighted by Crippen LogP contribution is 2.16. The topological polar surface area (TPSA) is 62.7 Å². The first-order valence-electron chi connectivity index (χ1n) is 8.36. The summed E-state index contributed by atoms with van der Waals surface area (Å²) in [5, 5.41) is 8.71. The number of ether oxygens (including phenoxy) is 1. The average molecular weight is 487 g/mol. The van der Waals surface area contributed by atoms with Gasteiger partial charge in [0.25, 0.3) is 0 Å². The van der Waals surface area contributed by atoms with Gasteiger partial charge in [0.05, 0.1) is 19.2 Å². The number of hydrogen-bond acceptors (Lipinski definition) is 4. The summed E-state index contributed by atoms with van der Waals surface area (Å²) in [7, 11) is 1.39. The smallest absolute Gasteiger partial charge is 0.337 e. The van der Waals surface area contributed by atoms with Crippen molar-refractivity contribution < 1.29 is 9.53 Å². The summed E-state index contributed by atoms with van der Waals surface area (Å²) >= 11 is 1.74. The molecule has 0 aliphatic heterocycles. The van der Waals surface area contributed by atoms with Crippen molar-refractivity contribution in [3.63, 3.8) is 0 Å². The molecule has 0 atom stereocenters. The van der Waals surface area contributed by atoms with Crippen molar-refractivity contribution in [2.75, 3.05) is 20.2 Å². The maximum absolute atomic E-state index is 11.4. The monoisotopic (exact) mass is 487 g/mol. The number of aryl methyl sites for hydroxylation is 1. The highest BCUT2D eigenvalue weighted by atomic mass is 127. The number of benzene rings is 1. The Morgan fingerprint density at radius 3 is 2.50 bits per heavy atom. The molecule has 2 N–H and O–H groups in total. The number of thiophene rings is 1. The first-order valence-corrected chi connectivity index (χ1v) is 9.24. The van der Waals surface area contributed by atoms with E-state index < -0.39 is 0 Å². The van der Waals surface area contributed by atoms with Gasteiger partial charge in [0.1, 0.15) is 0 Å². The molecule has 0 radical (unpaired) electrons. The van der Waals surface area contributed by atoms with Crippen molar-refractivity contribution in [2.45, 2.75) is 26.8 Å². The van der Waals surface area contributed by atoms with Gasteiger partial charge in [0.15, 0.2) is 5.96 Å². The number of carbonyl (C=O) groups excluding carboxylic acids is 1. The first-order chi connectivity index (χ1) is 12.1.